The molecular formula is C10H8FNO2. The Hall–Kier alpha value is -1.89. The first-order valence-corrected chi connectivity index (χ1v) is 3.88. The lowest BCUT2D eigenvalue weighted by Crippen LogP contribution is -1.98. The van der Waals surface area contributed by atoms with Crippen LogP contribution in [-0.4, -0.2) is 12.9 Å². The van der Waals surface area contributed by atoms with E-state index in [9.17, 15) is 9.18 Å². The Balaban J connectivity index is 3.41. The van der Waals surface area contributed by atoms with Crippen molar-refractivity contribution in [3.05, 3.63) is 29.1 Å². The zero-order chi connectivity index (χ0) is 10.7. The van der Waals surface area contributed by atoms with E-state index in [1.54, 1.807) is 6.07 Å². The molecule has 1 rings (SSSR count). The second-order valence-electron chi connectivity index (χ2n) is 2.71. The molecule has 0 heterocycles. The van der Waals surface area contributed by atoms with Crippen LogP contribution in [0.15, 0.2) is 12.1 Å². The highest BCUT2D eigenvalue weighted by Gasteiger charge is 2.12. The van der Waals surface area contributed by atoms with E-state index in [1.165, 1.54) is 20.1 Å². The number of rotatable bonds is 2. The summed E-state index contributed by atoms with van der Waals surface area (Å²) in [5.74, 6) is -1.11. The highest BCUT2D eigenvalue weighted by Crippen LogP contribution is 2.23. The lowest BCUT2D eigenvalue weighted by Gasteiger charge is -2.05. The van der Waals surface area contributed by atoms with Crippen LogP contribution in [-0.2, 0) is 0 Å². The van der Waals surface area contributed by atoms with Gasteiger partial charge in [-0.1, -0.05) is 0 Å². The molecule has 0 aromatic heterocycles. The average molecular weight is 193 g/mol. The van der Waals surface area contributed by atoms with Gasteiger partial charge >= 0.3 is 0 Å². The van der Waals surface area contributed by atoms with Gasteiger partial charge in [0.2, 0.25) is 0 Å². The first-order valence-electron chi connectivity index (χ1n) is 3.88. The smallest absolute Gasteiger partial charge is 0.172 e. The summed E-state index contributed by atoms with van der Waals surface area (Å²) in [5, 5.41) is 8.67. The quantitative estimate of drug-likeness (QED) is 0.674. The van der Waals surface area contributed by atoms with Gasteiger partial charge in [-0.15, -0.1) is 0 Å². The number of nitrogens with zero attached hydrogens (tertiary/aromatic N) is 1. The van der Waals surface area contributed by atoms with Crippen molar-refractivity contribution in [2.24, 2.45) is 0 Å². The molecule has 0 N–H and O–H groups in total. The molecule has 72 valence electrons. The highest BCUT2D eigenvalue weighted by molar-refractivity contribution is 5.94. The molecule has 0 bridgehead atoms. The number of carbonyl (C=O) groups excluding carboxylic acids is 1. The Kier molecular flexibility index (Phi) is 2.82. The molecule has 0 saturated carbocycles. The molecule has 0 aliphatic heterocycles. The van der Waals surface area contributed by atoms with Crippen LogP contribution < -0.4 is 4.74 Å². The van der Waals surface area contributed by atoms with E-state index in [4.69, 9.17) is 10.00 Å². The number of ketones is 1. The van der Waals surface area contributed by atoms with Gasteiger partial charge in [-0.25, -0.2) is 4.39 Å². The molecule has 1 aromatic carbocycles. The zero-order valence-corrected chi connectivity index (χ0v) is 7.80. The third-order valence-electron chi connectivity index (χ3n) is 1.77. The van der Waals surface area contributed by atoms with Crippen LogP contribution in [0.25, 0.3) is 0 Å². The minimum Gasteiger partial charge on any atom is -0.492 e. The van der Waals surface area contributed by atoms with Crippen LogP contribution in [0.4, 0.5) is 4.39 Å². The number of benzene rings is 1. The molecule has 3 nitrogen and oxygen atoms in total. The lowest BCUT2D eigenvalue weighted by atomic mass is 10.1. The number of nitriles is 1. The molecule has 0 fully saturated rings. The number of methoxy groups -OCH3 is 1. The zero-order valence-electron chi connectivity index (χ0n) is 7.80. The third kappa shape index (κ3) is 1.72. The second kappa shape index (κ2) is 3.88. The van der Waals surface area contributed by atoms with Crippen molar-refractivity contribution in [1.29, 1.82) is 5.26 Å². The normalized spacial score (nSPS) is 9.29. The van der Waals surface area contributed by atoms with Crippen LogP contribution >= 0.6 is 0 Å². The fourth-order valence-corrected chi connectivity index (χ4v) is 1.09. The minimum absolute atomic E-state index is 0.0256. The Morgan fingerprint density at radius 3 is 2.64 bits per heavy atom. The number of hydrogen-bond donors (Lipinski definition) is 0. The summed E-state index contributed by atoms with van der Waals surface area (Å²) in [5.41, 5.74) is 0.192. The number of carbonyl (C=O) groups is 1. The number of halogens is 1. The summed E-state index contributed by atoms with van der Waals surface area (Å²) in [4.78, 5) is 10.9. The summed E-state index contributed by atoms with van der Waals surface area (Å²) >= 11 is 0. The molecule has 0 aliphatic rings. The van der Waals surface area contributed by atoms with E-state index in [0.29, 0.717) is 0 Å². The molecule has 0 atom stereocenters. The Morgan fingerprint density at radius 2 is 2.21 bits per heavy atom. The predicted molar refractivity (Wildman–Crippen MR) is 47.7 cm³/mol. The summed E-state index contributed by atoms with van der Waals surface area (Å²) in [6.45, 7) is 1.31. The van der Waals surface area contributed by atoms with Crippen molar-refractivity contribution in [2.75, 3.05) is 7.11 Å². The number of hydrogen-bond acceptors (Lipinski definition) is 3. The van der Waals surface area contributed by atoms with E-state index in [2.05, 4.69) is 0 Å². The van der Waals surface area contributed by atoms with Crippen molar-refractivity contribution in [1.82, 2.24) is 0 Å². The van der Waals surface area contributed by atoms with Gasteiger partial charge < -0.3 is 4.74 Å². The Labute approximate surface area is 80.7 Å². The van der Waals surface area contributed by atoms with E-state index < -0.39 is 5.82 Å². The predicted octanol–water partition coefficient (Wildman–Crippen LogP) is 1.91. The van der Waals surface area contributed by atoms with E-state index in [0.717, 1.165) is 6.07 Å². The van der Waals surface area contributed by atoms with Gasteiger partial charge in [-0.05, 0) is 19.1 Å². The van der Waals surface area contributed by atoms with Crippen LogP contribution in [0.1, 0.15) is 22.8 Å². The number of ether oxygens (including phenoxy) is 1. The maximum Gasteiger partial charge on any atom is 0.172 e. The van der Waals surface area contributed by atoms with Gasteiger partial charge in [-0.3, -0.25) is 4.79 Å². The molecule has 0 saturated heterocycles. The topological polar surface area (TPSA) is 50.1 Å². The van der Waals surface area contributed by atoms with E-state index in [1.807, 2.05) is 0 Å². The SMILES string of the molecule is COc1c(F)cc(C(C)=O)cc1C#N. The monoisotopic (exact) mass is 193 g/mol. The molecule has 4 heteroatoms. The van der Waals surface area contributed by atoms with E-state index >= 15 is 0 Å². The maximum atomic E-state index is 13.2. The first kappa shape index (κ1) is 10.2. The molecule has 0 aliphatic carbocycles. The van der Waals surface area contributed by atoms with Gasteiger partial charge in [0, 0.05) is 5.56 Å². The van der Waals surface area contributed by atoms with Crippen molar-refractivity contribution >= 4 is 5.78 Å². The molecule has 14 heavy (non-hydrogen) atoms. The largest absolute Gasteiger partial charge is 0.492 e. The van der Waals surface area contributed by atoms with Crippen LogP contribution in [0.5, 0.6) is 5.75 Å². The van der Waals surface area contributed by atoms with Crippen molar-refractivity contribution in [3.8, 4) is 11.8 Å². The summed E-state index contributed by atoms with van der Waals surface area (Å²) in [6, 6.07) is 4.13. The fourth-order valence-electron chi connectivity index (χ4n) is 1.09. The van der Waals surface area contributed by atoms with Crippen molar-refractivity contribution < 1.29 is 13.9 Å². The second-order valence-corrected chi connectivity index (χ2v) is 2.71. The van der Waals surface area contributed by atoms with Gasteiger partial charge in [0.1, 0.15) is 6.07 Å². The summed E-state index contributed by atoms with van der Waals surface area (Å²) in [7, 11) is 1.27. The Bertz CT molecular complexity index is 421. The molecule has 0 radical (unpaired) electrons. The molecule has 0 amide bonds. The van der Waals surface area contributed by atoms with Crippen molar-refractivity contribution in [2.45, 2.75) is 6.92 Å². The fraction of sp³-hybridized carbons (Fsp3) is 0.200. The molecule has 0 spiro atoms. The van der Waals surface area contributed by atoms with Gasteiger partial charge in [0.25, 0.3) is 0 Å². The van der Waals surface area contributed by atoms with Gasteiger partial charge in [0.15, 0.2) is 17.3 Å². The summed E-state index contributed by atoms with van der Waals surface area (Å²) < 4.78 is 17.9. The van der Waals surface area contributed by atoms with Crippen LogP contribution in [0.2, 0.25) is 0 Å². The minimum atomic E-state index is -0.697. The van der Waals surface area contributed by atoms with Gasteiger partial charge in [-0.2, -0.15) is 5.26 Å². The first-order chi connectivity index (χ1) is 6.60. The standard InChI is InChI=1S/C10H8FNO2/c1-6(13)7-3-8(5-12)10(14-2)9(11)4-7/h3-4H,1-2H3. The maximum absolute atomic E-state index is 13.2. The number of Topliss-reactive ketones (excluding diaryl/α,β-unsaturated/α-hetero) is 1. The van der Waals surface area contributed by atoms with Crippen LogP contribution in [0.3, 0.4) is 0 Å². The van der Waals surface area contributed by atoms with Gasteiger partial charge in [0.05, 0.1) is 12.7 Å². The van der Waals surface area contributed by atoms with E-state index in [-0.39, 0.29) is 22.7 Å². The highest BCUT2D eigenvalue weighted by atomic mass is 19.1. The lowest BCUT2D eigenvalue weighted by molar-refractivity contribution is 0.101. The molecule has 1 aromatic rings. The third-order valence-corrected chi connectivity index (χ3v) is 1.77. The Morgan fingerprint density at radius 1 is 1.57 bits per heavy atom. The molecular weight excluding hydrogens is 185 g/mol. The summed E-state index contributed by atoms with van der Waals surface area (Å²) in [6.07, 6.45) is 0. The van der Waals surface area contributed by atoms with Crippen LogP contribution in [0, 0.1) is 17.1 Å². The molecule has 0 unspecified atom stereocenters. The average Bonchev–Trinajstić information content (AvgIpc) is 2.16. The van der Waals surface area contributed by atoms with Crippen molar-refractivity contribution in [3.63, 3.8) is 0 Å².